The molecule has 0 radical (unpaired) electrons. The minimum atomic E-state index is -0.376. The van der Waals surface area contributed by atoms with Gasteiger partial charge in [-0.15, -0.1) is 0 Å². The van der Waals surface area contributed by atoms with Crippen LogP contribution in [0.25, 0.3) is 0 Å². The van der Waals surface area contributed by atoms with Crippen LogP contribution in [-0.2, 0) is 0 Å². The third-order valence-corrected chi connectivity index (χ3v) is 3.17. The first-order valence-electron chi connectivity index (χ1n) is 6.63. The van der Waals surface area contributed by atoms with E-state index in [2.05, 4.69) is 15.5 Å². The van der Waals surface area contributed by atoms with Crippen LogP contribution in [0.2, 0.25) is 0 Å². The fraction of sp³-hybridized carbons (Fsp3) is 0.267. The summed E-state index contributed by atoms with van der Waals surface area (Å²) >= 11 is 0. The number of methoxy groups -OCH3 is 2. The van der Waals surface area contributed by atoms with Crippen molar-refractivity contribution in [2.45, 2.75) is 13.0 Å². The molecule has 1 amide bonds. The van der Waals surface area contributed by atoms with Crippen molar-refractivity contribution in [3.63, 3.8) is 0 Å². The number of ether oxygens (including phenoxy) is 2. The predicted octanol–water partition coefficient (Wildman–Crippen LogP) is 1.28. The number of rotatable bonds is 5. The molecule has 2 aromatic rings. The van der Waals surface area contributed by atoms with E-state index in [1.54, 1.807) is 26.4 Å². The molecule has 2 rings (SSSR count). The van der Waals surface area contributed by atoms with Crippen molar-refractivity contribution in [3.05, 3.63) is 51.9 Å². The Labute approximate surface area is 127 Å². The summed E-state index contributed by atoms with van der Waals surface area (Å²) in [5.74, 6) is 0.828. The molecule has 1 unspecified atom stereocenters. The number of nitrogens with one attached hydrogen (secondary N) is 2. The Bertz CT molecular complexity index is 706. The average molecular weight is 303 g/mol. The van der Waals surface area contributed by atoms with E-state index in [-0.39, 0.29) is 23.2 Å². The van der Waals surface area contributed by atoms with E-state index in [0.717, 1.165) is 5.56 Å². The van der Waals surface area contributed by atoms with Crippen LogP contribution in [0.4, 0.5) is 0 Å². The number of aromatic nitrogens is 2. The van der Waals surface area contributed by atoms with Gasteiger partial charge in [0.05, 0.1) is 20.3 Å². The molecule has 0 fully saturated rings. The smallest absolute Gasteiger partial charge is 0.272 e. The minimum Gasteiger partial charge on any atom is -0.493 e. The SMILES string of the molecule is COc1ccc(C(C)NC(=O)c2ccc(=O)[nH]n2)cc1OC. The highest BCUT2D eigenvalue weighted by Crippen LogP contribution is 2.29. The summed E-state index contributed by atoms with van der Waals surface area (Å²) < 4.78 is 10.4. The monoisotopic (exact) mass is 303 g/mol. The van der Waals surface area contributed by atoms with Crippen LogP contribution in [0.1, 0.15) is 29.0 Å². The number of aromatic amines is 1. The molecule has 1 heterocycles. The standard InChI is InChI=1S/C15H17N3O4/c1-9(10-4-6-12(21-2)13(8-10)22-3)16-15(20)11-5-7-14(19)18-17-11/h4-9H,1-3H3,(H,16,20)(H,18,19). The predicted molar refractivity (Wildman–Crippen MR) is 80.3 cm³/mol. The molecule has 0 saturated carbocycles. The topological polar surface area (TPSA) is 93.3 Å². The Morgan fingerprint density at radius 3 is 2.50 bits per heavy atom. The molecule has 0 spiro atoms. The highest BCUT2D eigenvalue weighted by molar-refractivity contribution is 5.92. The number of amides is 1. The summed E-state index contributed by atoms with van der Waals surface area (Å²) in [4.78, 5) is 23.0. The highest BCUT2D eigenvalue weighted by Gasteiger charge is 2.14. The average Bonchev–Trinajstić information content (AvgIpc) is 2.54. The number of hydrogen-bond donors (Lipinski definition) is 2. The number of nitrogens with zero attached hydrogens (tertiary/aromatic N) is 1. The van der Waals surface area contributed by atoms with Gasteiger partial charge in [-0.1, -0.05) is 6.07 Å². The van der Waals surface area contributed by atoms with Gasteiger partial charge in [-0.25, -0.2) is 5.10 Å². The van der Waals surface area contributed by atoms with Crippen LogP contribution < -0.4 is 20.3 Å². The minimum absolute atomic E-state index is 0.145. The Kier molecular flexibility index (Phi) is 4.77. The number of carbonyl (C=O) groups is 1. The van der Waals surface area contributed by atoms with Gasteiger partial charge >= 0.3 is 0 Å². The quantitative estimate of drug-likeness (QED) is 0.868. The molecule has 0 aliphatic rings. The molecule has 7 nitrogen and oxygen atoms in total. The first kappa shape index (κ1) is 15.6. The second kappa shape index (κ2) is 6.75. The van der Waals surface area contributed by atoms with Gasteiger partial charge in [0.15, 0.2) is 11.5 Å². The van der Waals surface area contributed by atoms with E-state index in [0.29, 0.717) is 11.5 Å². The molecule has 22 heavy (non-hydrogen) atoms. The molecule has 2 N–H and O–H groups in total. The lowest BCUT2D eigenvalue weighted by Gasteiger charge is -2.16. The van der Waals surface area contributed by atoms with Gasteiger partial charge in [-0.2, -0.15) is 5.10 Å². The summed E-state index contributed by atoms with van der Waals surface area (Å²) in [5, 5.41) is 8.72. The van der Waals surface area contributed by atoms with Crippen molar-refractivity contribution >= 4 is 5.91 Å². The van der Waals surface area contributed by atoms with Crippen LogP contribution in [0.5, 0.6) is 11.5 Å². The third-order valence-electron chi connectivity index (χ3n) is 3.17. The van der Waals surface area contributed by atoms with Gasteiger partial charge in [-0.3, -0.25) is 9.59 Å². The van der Waals surface area contributed by atoms with Gasteiger partial charge in [-0.05, 0) is 30.7 Å². The van der Waals surface area contributed by atoms with Crippen LogP contribution in [0.3, 0.4) is 0 Å². The Balaban J connectivity index is 2.14. The number of H-pyrrole nitrogens is 1. The molecule has 1 aromatic heterocycles. The second-order valence-corrected chi connectivity index (χ2v) is 4.62. The third kappa shape index (κ3) is 3.43. The van der Waals surface area contributed by atoms with Gasteiger partial charge in [0.1, 0.15) is 5.69 Å². The molecule has 0 aliphatic carbocycles. The molecule has 7 heteroatoms. The van der Waals surface area contributed by atoms with Crippen LogP contribution in [-0.4, -0.2) is 30.3 Å². The van der Waals surface area contributed by atoms with Crippen molar-refractivity contribution in [2.24, 2.45) is 0 Å². The van der Waals surface area contributed by atoms with Gasteiger partial charge in [0.25, 0.3) is 11.5 Å². The van der Waals surface area contributed by atoms with E-state index >= 15 is 0 Å². The molecule has 0 aliphatic heterocycles. The van der Waals surface area contributed by atoms with E-state index in [1.807, 2.05) is 13.0 Å². The maximum atomic E-state index is 12.1. The maximum Gasteiger partial charge on any atom is 0.272 e. The lowest BCUT2D eigenvalue weighted by Crippen LogP contribution is -2.28. The van der Waals surface area contributed by atoms with Crippen molar-refractivity contribution in [3.8, 4) is 11.5 Å². The number of hydrogen-bond acceptors (Lipinski definition) is 5. The molecule has 0 saturated heterocycles. The second-order valence-electron chi connectivity index (χ2n) is 4.62. The van der Waals surface area contributed by atoms with Crippen molar-refractivity contribution in [1.29, 1.82) is 0 Å². The molecular formula is C15H17N3O4. The van der Waals surface area contributed by atoms with E-state index in [9.17, 15) is 9.59 Å². The normalized spacial score (nSPS) is 11.6. The van der Waals surface area contributed by atoms with Gasteiger partial charge < -0.3 is 14.8 Å². The van der Waals surface area contributed by atoms with E-state index in [4.69, 9.17) is 9.47 Å². The summed E-state index contributed by atoms with van der Waals surface area (Å²) in [6.07, 6.45) is 0. The Morgan fingerprint density at radius 2 is 1.91 bits per heavy atom. The molecular weight excluding hydrogens is 286 g/mol. The molecule has 0 bridgehead atoms. The lowest BCUT2D eigenvalue weighted by atomic mass is 10.1. The molecule has 1 aromatic carbocycles. The first-order valence-corrected chi connectivity index (χ1v) is 6.63. The zero-order valence-electron chi connectivity index (χ0n) is 12.5. The Hall–Kier alpha value is -2.83. The highest BCUT2D eigenvalue weighted by atomic mass is 16.5. The van der Waals surface area contributed by atoms with Crippen molar-refractivity contribution in [1.82, 2.24) is 15.5 Å². The number of benzene rings is 1. The molecule has 1 atom stereocenters. The van der Waals surface area contributed by atoms with E-state index in [1.165, 1.54) is 12.1 Å². The lowest BCUT2D eigenvalue weighted by molar-refractivity contribution is 0.0933. The van der Waals surface area contributed by atoms with E-state index < -0.39 is 0 Å². The first-order chi connectivity index (χ1) is 10.5. The van der Waals surface area contributed by atoms with Gasteiger partial charge in [0.2, 0.25) is 0 Å². The fourth-order valence-corrected chi connectivity index (χ4v) is 1.95. The summed E-state index contributed by atoms with van der Waals surface area (Å²) in [6.45, 7) is 1.84. The van der Waals surface area contributed by atoms with Crippen LogP contribution >= 0.6 is 0 Å². The van der Waals surface area contributed by atoms with Crippen molar-refractivity contribution in [2.75, 3.05) is 14.2 Å². The maximum absolute atomic E-state index is 12.1. The van der Waals surface area contributed by atoms with Crippen LogP contribution in [0.15, 0.2) is 35.1 Å². The largest absolute Gasteiger partial charge is 0.493 e. The fourth-order valence-electron chi connectivity index (χ4n) is 1.95. The van der Waals surface area contributed by atoms with Gasteiger partial charge in [0, 0.05) is 6.07 Å². The van der Waals surface area contributed by atoms with Crippen molar-refractivity contribution < 1.29 is 14.3 Å². The summed E-state index contributed by atoms with van der Waals surface area (Å²) in [6, 6.07) is 7.77. The van der Waals surface area contributed by atoms with Crippen LogP contribution in [0, 0.1) is 0 Å². The molecule has 116 valence electrons. The summed E-state index contributed by atoms with van der Waals surface area (Å²) in [7, 11) is 3.11. The Morgan fingerprint density at radius 1 is 1.18 bits per heavy atom. The summed E-state index contributed by atoms with van der Waals surface area (Å²) in [5.41, 5.74) is 0.645. The zero-order valence-corrected chi connectivity index (χ0v) is 12.5. The zero-order chi connectivity index (χ0) is 16.1. The number of carbonyl (C=O) groups excluding carboxylic acids is 1.